The van der Waals surface area contributed by atoms with Crippen molar-refractivity contribution < 1.29 is 4.79 Å². The van der Waals surface area contributed by atoms with Crippen LogP contribution >= 0.6 is 0 Å². The van der Waals surface area contributed by atoms with Gasteiger partial charge in [-0.3, -0.25) is 9.69 Å². The van der Waals surface area contributed by atoms with Gasteiger partial charge in [0, 0.05) is 18.8 Å². The summed E-state index contributed by atoms with van der Waals surface area (Å²) in [5.74, 6) is -0.0422. The minimum Gasteiger partial charge on any atom is -0.325 e. The lowest BCUT2D eigenvalue weighted by atomic mass is 9.99. The number of rotatable bonds is 3. The Hall–Kier alpha value is -2.64. The third-order valence-electron chi connectivity index (χ3n) is 4.35. The second-order valence-corrected chi connectivity index (χ2v) is 5.85. The first-order valence-corrected chi connectivity index (χ1v) is 7.79. The van der Waals surface area contributed by atoms with Crippen molar-refractivity contribution in [3.8, 4) is 6.07 Å². The van der Waals surface area contributed by atoms with Crippen LogP contribution in [0.25, 0.3) is 0 Å². The van der Waals surface area contributed by atoms with Crippen molar-refractivity contribution in [3.63, 3.8) is 0 Å². The summed E-state index contributed by atoms with van der Waals surface area (Å²) in [6, 6.07) is 17.2. The van der Waals surface area contributed by atoms with Gasteiger partial charge < -0.3 is 5.32 Å². The van der Waals surface area contributed by atoms with Crippen LogP contribution in [0.15, 0.2) is 48.5 Å². The Morgan fingerprint density at radius 1 is 1.22 bits per heavy atom. The molecule has 0 spiro atoms. The number of nitriles is 1. The predicted octanol–water partition coefficient (Wildman–Crippen LogP) is 2.94. The Morgan fingerprint density at radius 2 is 2.00 bits per heavy atom. The van der Waals surface area contributed by atoms with E-state index in [1.165, 1.54) is 11.1 Å². The van der Waals surface area contributed by atoms with Crippen LogP contribution in [0.3, 0.4) is 0 Å². The number of hydrogen-bond donors (Lipinski definition) is 1. The molecular weight excluding hydrogens is 286 g/mol. The monoisotopic (exact) mass is 305 g/mol. The Morgan fingerprint density at radius 3 is 2.78 bits per heavy atom. The molecule has 0 unspecified atom stereocenters. The van der Waals surface area contributed by atoms with Gasteiger partial charge in [0.2, 0.25) is 5.91 Å². The summed E-state index contributed by atoms with van der Waals surface area (Å²) in [4.78, 5) is 14.7. The molecular formula is C19H19N3O. The first-order chi connectivity index (χ1) is 11.2. The Labute approximate surface area is 136 Å². The maximum Gasteiger partial charge on any atom is 0.241 e. The van der Waals surface area contributed by atoms with Crippen molar-refractivity contribution >= 4 is 11.6 Å². The molecule has 4 heteroatoms. The van der Waals surface area contributed by atoms with Gasteiger partial charge in [-0.1, -0.05) is 30.3 Å². The van der Waals surface area contributed by atoms with Crippen LogP contribution in [0.1, 0.15) is 23.6 Å². The van der Waals surface area contributed by atoms with E-state index in [-0.39, 0.29) is 11.9 Å². The number of nitrogens with one attached hydrogen (secondary N) is 1. The van der Waals surface area contributed by atoms with E-state index in [9.17, 15) is 4.79 Å². The molecule has 0 bridgehead atoms. The van der Waals surface area contributed by atoms with Crippen molar-refractivity contribution in [2.75, 3.05) is 11.9 Å². The van der Waals surface area contributed by atoms with E-state index >= 15 is 0 Å². The fourth-order valence-electron chi connectivity index (χ4n) is 2.93. The molecule has 4 nitrogen and oxygen atoms in total. The van der Waals surface area contributed by atoms with E-state index in [1.54, 1.807) is 24.3 Å². The van der Waals surface area contributed by atoms with Crippen LogP contribution in [-0.4, -0.2) is 23.4 Å². The van der Waals surface area contributed by atoms with E-state index in [1.807, 2.05) is 13.0 Å². The van der Waals surface area contributed by atoms with E-state index < -0.39 is 0 Å². The maximum atomic E-state index is 12.5. The third kappa shape index (κ3) is 3.41. The number of hydrogen-bond acceptors (Lipinski definition) is 3. The average Bonchev–Trinajstić information content (AvgIpc) is 2.60. The number of fused-ring (bicyclic) bond motifs is 1. The van der Waals surface area contributed by atoms with Gasteiger partial charge in [0.25, 0.3) is 0 Å². The Bertz CT molecular complexity index is 763. The number of amides is 1. The molecule has 1 N–H and O–H groups in total. The highest BCUT2D eigenvalue weighted by Gasteiger charge is 2.25. The largest absolute Gasteiger partial charge is 0.325 e. The van der Waals surface area contributed by atoms with Gasteiger partial charge >= 0.3 is 0 Å². The summed E-state index contributed by atoms with van der Waals surface area (Å²) in [5.41, 5.74) is 3.88. The number of anilines is 1. The molecule has 23 heavy (non-hydrogen) atoms. The van der Waals surface area contributed by atoms with Gasteiger partial charge in [-0.05, 0) is 42.7 Å². The van der Waals surface area contributed by atoms with Crippen molar-refractivity contribution in [2.45, 2.75) is 25.9 Å². The fourth-order valence-corrected chi connectivity index (χ4v) is 2.93. The molecule has 0 aliphatic carbocycles. The summed E-state index contributed by atoms with van der Waals surface area (Å²) in [6.45, 7) is 3.60. The lowest BCUT2D eigenvalue weighted by Gasteiger charge is -2.32. The summed E-state index contributed by atoms with van der Waals surface area (Å²) < 4.78 is 0. The van der Waals surface area contributed by atoms with Crippen LogP contribution in [0.5, 0.6) is 0 Å². The molecule has 1 aliphatic rings. The SMILES string of the molecule is C[C@H](C(=O)Nc1cccc(C#N)c1)N1CCc2ccccc2C1. The van der Waals surface area contributed by atoms with Crippen molar-refractivity contribution in [3.05, 3.63) is 65.2 Å². The van der Waals surface area contributed by atoms with Gasteiger partial charge in [0.15, 0.2) is 0 Å². The number of nitrogens with zero attached hydrogens (tertiary/aromatic N) is 2. The maximum absolute atomic E-state index is 12.5. The molecule has 116 valence electrons. The lowest BCUT2D eigenvalue weighted by molar-refractivity contribution is -0.121. The second-order valence-electron chi connectivity index (χ2n) is 5.85. The number of carbonyl (C=O) groups is 1. The molecule has 0 saturated carbocycles. The predicted molar refractivity (Wildman–Crippen MR) is 89.8 cm³/mol. The van der Waals surface area contributed by atoms with Crippen molar-refractivity contribution in [2.24, 2.45) is 0 Å². The fraction of sp³-hybridized carbons (Fsp3) is 0.263. The zero-order valence-corrected chi connectivity index (χ0v) is 13.1. The van der Waals surface area contributed by atoms with E-state index in [4.69, 9.17) is 5.26 Å². The van der Waals surface area contributed by atoms with E-state index in [0.29, 0.717) is 11.3 Å². The first-order valence-electron chi connectivity index (χ1n) is 7.79. The molecule has 0 aromatic heterocycles. The van der Waals surface area contributed by atoms with Gasteiger partial charge in [-0.25, -0.2) is 0 Å². The summed E-state index contributed by atoms with van der Waals surface area (Å²) in [6.07, 6.45) is 0.970. The van der Waals surface area contributed by atoms with E-state index in [2.05, 4.69) is 34.5 Å². The van der Waals surface area contributed by atoms with Crippen LogP contribution in [0, 0.1) is 11.3 Å². The smallest absolute Gasteiger partial charge is 0.241 e. The highest BCUT2D eigenvalue weighted by molar-refractivity contribution is 5.94. The van der Waals surface area contributed by atoms with Crippen LogP contribution in [0.4, 0.5) is 5.69 Å². The van der Waals surface area contributed by atoms with Crippen molar-refractivity contribution in [1.29, 1.82) is 5.26 Å². The molecule has 0 saturated heterocycles. The normalized spacial score (nSPS) is 15.3. The molecule has 1 atom stereocenters. The molecule has 0 fully saturated rings. The van der Waals surface area contributed by atoms with Crippen LogP contribution in [-0.2, 0) is 17.8 Å². The Balaban J connectivity index is 1.67. The Kier molecular flexibility index (Phi) is 4.40. The van der Waals surface area contributed by atoms with Gasteiger partial charge in [-0.2, -0.15) is 5.26 Å². The van der Waals surface area contributed by atoms with Gasteiger partial charge in [0.1, 0.15) is 0 Å². The minimum absolute atomic E-state index is 0.0422. The quantitative estimate of drug-likeness (QED) is 0.948. The molecule has 3 rings (SSSR count). The van der Waals surface area contributed by atoms with Crippen LogP contribution < -0.4 is 5.32 Å². The summed E-state index contributed by atoms with van der Waals surface area (Å²) in [5, 5.41) is 11.8. The van der Waals surface area contributed by atoms with Gasteiger partial charge in [-0.15, -0.1) is 0 Å². The molecule has 0 radical (unpaired) electrons. The first kappa shape index (κ1) is 15.3. The summed E-state index contributed by atoms with van der Waals surface area (Å²) >= 11 is 0. The topological polar surface area (TPSA) is 56.1 Å². The molecule has 2 aromatic rings. The lowest BCUT2D eigenvalue weighted by Crippen LogP contribution is -2.44. The second kappa shape index (κ2) is 6.64. The number of carbonyl (C=O) groups excluding carboxylic acids is 1. The zero-order chi connectivity index (χ0) is 16.2. The third-order valence-corrected chi connectivity index (χ3v) is 4.35. The molecule has 1 heterocycles. The molecule has 1 aliphatic heterocycles. The standard InChI is InChI=1S/C19H19N3O/c1-14(19(23)21-18-8-4-5-15(11-18)12-20)22-10-9-16-6-2-3-7-17(16)13-22/h2-8,11,14H,9-10,13H2,1H3,(H,21,23)/t14-/m1/s1. The highest BCUT2D eigenvalue weighted by atomic mass is 16.2. The number of benzene rings is 2. The van der Waals surface area contributed by atoms with Gasteiger partial charge in [0.05, 0.1) is 17.7 Å². The van der Waals surface area contributed by atoms with E-state index in [0.717, 1.165) is 19.5 Å². The highest BCUT2D eigenvalue weighted by Crippen LogP contribution is 2.21. The zero-order valence-electron chi connectivity index (χ0n) is 13.1. The summed E-state index contributed by atoms with van der Waals surface area (Å²) in [7, 11) is 0. The molecule has 2 aromatic carbocycles. The minimum atomic E-state index is -0.214. The molecule has 1 amide bonds. The van der Waals surface area contributed by atoms with Crippen LogP contribution in [0.2, 0.25) is 0 Å². The van der Waals surface area contributed by atoms with Crippen molar-refractivity contribution in [1.82, 2.24) is 4.90 Å². The average molecular weight is 305 g/mol.